The molecule has 126 valence electrons. The molecule has 1 atom stereocenters. The Morgan fingerprint density at radius 1 is 1.25 bits per heavy atom. The van der Waals surface area contributed by atoms with Gasteiger partial charge in [0.25, 0.3) is 5.91 Å². The standard InChI is InChI=1S/C20H23NO3/c1-3-7-15-12-16(10-11-19(15)24-14-18-13-23-18)20(22)21(2)17-8-5-4-6-9-17/h4-6,8-12,18H,3,7,13-14H2,1-2H3. The first kappa shape index (κ1) is 16.5. The molecule has 2 aromatic rings. The van der Waals surface area contributed by atoms with E-state index >= 15 is 0 Å². The van der Waals surface area contributed by atoms with Crippen LogP contribution in [0.3, 0.4) is 0 Å². The lowest BCUT2D eigenvalue weighted by atomic mass is 10.0. The van der Waals surface area contributed by atoms with Crippen molar-refractivity contribution < 1.29 is 14.3 Å². The number of anilines is 1. The molecule has 4 nitrogen and oxygen atoms in total. The molecule has 1 amide bonds. The quantitative estimate of drug-likeness (QED) is 0.729. The Morgan fingerprint density at radius 3 is 2.67 bits per heavy atom. The molecule has 1 heterocycles. The Balaban J connectivity index is 1.79. The van der Waals surface area contributed by atoms with Gasteiger partial charge in [0.2, 0.25) is 0 Å². The number of amides is 1. The van der Waals surface area contributed by atoms with Crippen LogP contribution >= 0.6 is 0 Å². The molecular weight excluding hydrogens is 302 g/mol. The van der Waals surface area contributed by atoms with E-state index in [9.17, 15) is 4.79 Å². The topological polar surface area (TPSA) is 42.1 Å². The van der Waals surface area contributed by atoms with Crippen LogP contribution < -0.4 is 9.64 Å². The monoisotopic (exact) mass is 325 g/mol. The fraction of sp³-hybridized carbons (Fsp3) is 0.350. The first-order chi connectivity index (χ1) is 11.7. The molecule has 0 spiro atoms. The minimum atomic E-state index is -0.0179. The molecule has 0 aliphatic carbocycles. The summed E-state index contributed by atoms with van der Waals surface area (Å²) < 4.78 is 11.0. The number of nitrogens with zero attached hydrogens (tertiary/aromatic N) is 1. The molecule has 1 aliphatic heterocycles. The van der Waals surface area contributed by atoms with E-state index in [4.69, 9.17) is 9.47 Å². The zero-order chi connectivity index (χ0) is 16.9. The lowest BCUT2D eigenvalue weighted by Crippen LogP contribution is -2.26. The van der Waals surface area contributed by atoms with Gasteiger partial charge in [-0.2, -0.15) is 0 Å². The van der Waals surface area contributed by atoms with Crippen LogP contribution in [0.15, 0.2) is 48.5 Å². The van der Waals surface area contributed by atoms with Crippen LogP contribution in [0.2, 0.25) is 0 Å². The predicted molar refractivity (Wildman–Crippen MR) is 94.8 cm³/mol. The molecule has 1 unspecified atom stereocenters. The molecular formula is C20H23NO3. The van der Waals surface area contributed by atoms with Crippen molar-refractivity contribution in [2.24, 2.45) is 0 Å². The molecule has 3 rings (SSSR count). The number of para-hydroxylation sites is 1. The van der Waals surface area contributed by atoms with Gasteiger partial charge < -0.3 is 14.4 Å². The van der Waals surface area contributed by atoms with Crippen LogP contribution in [0, 0.1) is 0 Å². The van der Waals surface area contributed by atoms with Crippen molar-refractivity contribution in [3.8, 4) is 5.75 Å². The van der Waals surface area contributed by atoms with E-state index in [1.807, 2.05) is 48.5 Å². The van der Waals surface area contributed by atoms with Crippen molar-refractivity contribution in [2.45, 2.75) is 25.9 Å². The Kier molecular flexibility index (Phi) is 5.16. The summed E-state index contributed by atoms with van der Waals surface area (Å²) in [6.45, 7) is 3.48. The molecule has 0 saturated carbocycles. The SMILES string of the molecule is CCCc1cc(C(=O)N(C)c2ccccc2)ccc1OCC1CO1. The zero-order valence-electron chi connectivity index (χ0n) is 14.2. The van der Waals surface area contributed by atoms with Crippen LogP contribution in [-0.4, -0.2) is 32.3 Å². The summed E-state index contributed by atoms with van der Waals surface area (Å²) in [7, 11) is 1.80. The summed E-state index contributed by atoms with van der Waals surface area (Å²) in [5.74, 6) is 0.835. The third-order valence-electron chi connectivity index (χ3n) is 4.10. The van der Waals surface area contributed by atoms with E-state index in [1.165, 1.54) is 0 Å². The second kappa shape index (κ2) is 7.49. The van der Waals surface area contributed by atoms with E-state index in [-0.39, 0.29) is 12.0 Å². The minimum Gasteiger partial charge on any atom is -0.491 e. The van der Waals surface area contributed by atoms with Gasteiger partial charge in [0.05, 0.1) is 6.61 Å². The summed E-state index contributed by atoms with van der Waals surface area (Å²) in [6, 6.07) is 15.3. The van der Waals surface area contributed by atoms with Gasteiger partial charge in [0.1, 0.15) is 18.5 Å². The highest BCUT2D eigenvalue weighted by Gasteiger charge is 2.24. The summed E-state index contributed by atoms with van der Waals surface area (Å²) in [5.41, 5.74) is 2.64. The fourth-order valence-corrected chi connectivity index (χ4v) is 2.63. The Hall–Kier alpha value is -2.33. The lowest BCUT2D eigenvalue weighted by Gasteiger charge is -2.18. The van der Waals surface area contributed by atoms with Crippen LogP contribution in [0.5, 0.6) is 5.75 Å². The van der Waals surface area contributed by atoms with E-state index in [2.05, 4.69) is 6.92 Å². The number of carbonyl (C=O) groups is 1. The largest absolute Gasteiger partial charge is 0.491 e. The number of benzene rings is 2. The highest BCUT2D eigenvalue weighted by atomic mass is 16.6. The number of epoxide rings is 1. The van der Waals surface area contributed by atoms with Crippen molar-refractivity contribution in [1.82, 2.24) is 0 Å². The van der Waals surface area contributed by atoms with Crippen molar-refractivity contribution in [3.63, 3.8) is 0 Å². The molecule has 4 heteroatoms. The Labute approximate surface area is 143 Å². The van der Waals surface area contributed by atoms with Gasteiger partial charge in [-0.05, 0) is 42.3 Å². The molecule has 24 heavy (non-hydrogen) atoms. The first-order valence-electron chi connectivity index (χ1n) is 8.39. The second-order valence-corrected chi connectivity index (χ2v) is 6.04. The van der Waals surface area contributed by atoms with Crippen molar-refractivity contribution in [1.29, 1.82) is 0 Å². The van der Waals surface area contributed by atoms with Crippen LogP contribution in [0.1, 0.15) is 29.3 Å². The smallest absolute Gasteiger partial charge is 0.258 e. The maximum Gasteiger partial charge on any atom is 0.258 e. The van der Waals surface area contributed by atoms with Crippen molar-refractivity contribution in [3.05, 3.63) is 59.7 Å². The zero-order valence-corrected chi connectivity index (χ0v) is 14.2. The number of ether oxygens (including phenoxy) is 2. The van der Waals surface area contributed by atoms with Gasteiger partial charge in [0, 0.05) is 18.3 Å². The summed E-state index contributed by atoms with van der Waals surface area (Å²) in [6.07, 6.45) is 2.12. The molecule has 2 aromatic carbocycles. The third kappa shape index (κ3) is 3.95. The van der Waals surface area contributed by atoms with E-state index in [1.54, 1.807) is 11.9 Å². The van der Waals surface area contributed by atoms with Gasteiger partial charge in [-0.1, -0.05) is 31.5 Å². The molecule has 0 radical (unpaired) electrons. The van der Waals surface area contributed by atoms with Crippen molar-refractivity contribution >= 4 is 11.6 Å². The third-order valence-corrected chi connectivity index (χ3v) is 4.10. The van der Waals surface area contributed by atoms with E-state index in [0.29, 0.717) is 12.2 Å². The molecule has 1 aliphatic rings. The van der Waals surface area contributed by atoms with Gasteiger partial charge in [0.15, 0.2) is 0 Å². The van der Waals surface area contributed by atoms with E-state index in [0.717, 1.165) is 36.4 Å². The summed E-state index contributed by atoms with van der Waals surface area (Å²) in [4.78, 5) is 14.4. The summed E-state index contributed by atoms with van der Waals surface area (Å²) in [5, 5.41) is 0. The van der Waals surface area contributed by atoms with Gasteiger partial charge in [-0.15, -0.1) is 0 Å². The number of rotatable bonds is 7. The maximum atomic E-state index is 12.8. The van der Waals surface area contributed by atoms with Crippen LogP contribution in [0.25, 0.3) is 0 Å². The van der Waals surface area contributed by atoms with Crippen molar-refractivity contribution in [2.75, 3.05) is 25.2 Å². The molecule has 1 fully saturated rings. The highest BCUT2D eigenvalue weighted by molar-refractivity contribution is 6.05. The van der Waals surface area contributed by atoms with Crippen LogP contribution in [0.4, 0.5) is 5.69 Å². The second-order valence-electron chi connectivity index (χ2n) is 6.04. The highest BCUT2D eigenvalue weighted by Crippen LogP contribution is 2.25. The average molecular weight is 325 g/mol. The van der Waals surface area contributed by atoms with Gasteiger partial charge in [-0.3, -0.25) is 4.79 Å². The van der Waals surface area contributed by atoms with Gasteiger partial charge >= 0.3 is 0 Å². The normalized spacial score (nSPS) is 15.8. The Bertz CT molecular complexity index is 695. The summed E-state index contributed by atoms with van der Waals surface area (Å²) >= 11 is 0. The number of hydrogen-bond donors (Lipinski definition) is 0. The maximum absolute atomic E-state index is 12.8. The Morgan fingerprint density at radius 2 is 2.00 bits per heavy atom. The number of hydrogen-bond acceptors (Lipinski definition) is 3. The molecule has 1 saturated heterocycles. The van der Waals surface area contributed by atoms with E-state index < -0.39 is 0 Å². The predicted octanol–water partition coefficient (Wildman–Crippen LogP) is 3.69. The fourth-order valence-electron chi connectivity index (χ4n) is 2.63. The lowest BCUT2D eigenvalue weighted by molar-refractivity contribution is 0.0993. The van der Waals surface area contributed by atoms with Gasteiger partial charge in [-0.25, -0.2) is 0 Å². The number of carbonyl (C=O) groups excluding carboxylic acids is 1. The molecule has 0 N–H and O–H groups in total. The molecule has 0 bridgehead atoms. The number of aryl methyl sites for hydroxylation is 1. The minimum absolute atomic E-state index is 0.0179. The average Bonchev–Trinajstić information content (AvgIpc) is 3.45. The van der Waals surface area contributed by atoms with Crippen LogP contribution in [-0.2, 0) is 11.2 Å². The first-order valence-corrected chi connectivity index (χ1v) is 8.39. The molecule has 0 aromatic heterocycles.